The third-order valence-electron chi connectivity index (χ3n) is 5.19. The van der Waals surface area contributed by atoms with Crippen LogP contribution in [0.5, 0.6) is 0 Å². The summed E-state index contributed by atoms with van der Waals surface area (Å²) in [6, 6.07) is 3.72. The third kappa shape index (κ3) is 3.32. The smallest absolute Gasteiger partial charge is 0.257 e. The zero-order valence-electron chi connectivity index (χ0n) is 16.6. The molecule has 0 saturated heterocycles. The van der Waals surface area contributed by atoms with E-state index in [4.69, 9.17) is 4.42 Å². The number of Topliss-reactive ketones (excluding diaryl/α,β-unsaturated/α-hetero) is 1. The molecule has 148 valence electrons. The molecule has 1 aliphatic carbocycles. The highest BCUT2D eigenvalue weighted by Crippen LogP contribution is 2.47. The summed E-state index contributed by atoms with van der Waals surface area (Å²) in [6.07, 6.45) is 2.18. The first-order valence-electron chi connectivity index (χ1n) is 9.65. The molecule has 0 saturated carbocycles. The lowest BCUT2D eigenvalue weighted by molar-refractivity contribution is -0.118. The number of aryl methyl sites for hydroxylation is 1. The number of nitrogens with one attached hydrogen (secondary N) is 2. The van der Waals surface area contributed by atoms with Gasteiger partial charge in [0.05, 0.1) is 11.5 Å². The van der Waals surface area contributed by atoms with E-state index in [9.17, 15) is 9.59 Å². The van der Waals surface area contributed by atoms with Gasteiger partial charge in [-0.15, -0.1) is 0 Å². The summed E-state index contributed by atoms with van der Waals surface area (Å²) in [5.74, 6) is 2.31. The van der Waals surface area contributed by atoms with Gasteiger partial charge in [-0.25, -0.2) is 4.98 Å². The number of aromatic amines is 1. The lowest BCUT2D eigenvalue weighted by Gasteiger charge is -2.37. The highest BCUT2D eigenvalue weighted by Gasteiger charge is 2.43. The number of rotatable bonds is 4. The summed E-state index contributed by atoms with van der Waals surface area (Å²) >= 11 is 1.53. The molecule has 0 radical (unpaired) electrons. The Balaban J connectivity index is 1.90. The van der Waals surface area contributed by atoms with Crippen LogP contribution in [-0.4, -0.2) is 21.5 Å². The number of hydrogen-bond acceptors (Lipinski definition) is 6. The fourth-order valence-corrected chi connectivity index (χ4v) is 4.77. The monoisotopic (exact) mass is 399 g/mol. The summed E-state index contributed by atoms with van der Waals surface area (Å²) in [6.45, 7) is 8.13. The van der Waals surface area contributed by atoms with Crippen LogP contribution in [0.4, 0.5) is 5.82 Å². The van der Waals surface area contributed by atoms with Crippen molar-refractivity contribution >= 4 is 23.4 Å². The summed E-state index contributed by atoms with van der Waals surface area (Å²) in [7, 11) is 0. The van der Waals surface area contributed by atoms with Crippen molar-refractivity contribution < 1.29 is 9.21 Å². The minimum atomic E-state index is -0.523. The second kappa shape index (κ2) is 6.95. The van der Waals surface area contributed by atoms with Crippen molar-refractivity contribution in [1.82, 2.24) is 9.97 Å². The molecule has 0 spiro atoms. The van der Waals surface area contributed by atoms with Gasteiger partial charge >= 0.3 is 0 Å². The van der Waals surface area contributed by atoms with Crippen molar-refractivity contribution in [3.63, 3.8) is 0 Å². The van der Waals surface area contributed by atoms with Gasteiger partial charge in [0.2, 0.25) is 0 Å². The maximum Gasteiger partial charge on any atom is 0.257 e. The van der Waals surface area contributed by atoms with Crippen LogP contribution in [0.2, 0.25) is 0 Å². The molecule has 1 atom stereocenters. The Morgan fingerprint density at radius 1 is 1.29 bits per heavy atom. The molecule has 28 heavy (non-hydrogen) atoms. The first-order valence-corrected chi connectivity index (χ1v) is 10.6. The number of carbonyl (C=O) groups is 1. The van der Waals surface area contributed by atoms with Crippen molar-refractivity contribution in [3.05, 3.63) is 50.8 Å². The zero-order chi connectivity index (χ0) is 20.1. The predicted molar refractivity (Wildman–Crippen MR) is 110 cm³/mol. The van der Waals surface area contributed by atoms with Crippen LogP contribution in [0, 0.1) is 12.3 Å². The van der Waals surface area contributed by atoms with Crippen LogP contribution in [0.15, 0.2) is 37.8 Å². The molecule has 1 aliphatic heterocycles. The number of allylic oxidation sites excluding steroid dienone is 2. The second-order valence-corrected chi connectivity index (χ2v) is 9.41. The normalized spacial score (nSPS) is 20.6. The number of ketones is 1. The minimum Gasteiger partial charge on any atom is -0.465 e. The number of thioether (sulfide) groups is 1. The van der Waals surface area contributed by atoms with Gasteiger partial charge in [0.15, 0.2) is 10.9 Å². The summed E-state index contributed by atoms with van der Waals surface area (Å²) in [4.78, 5) is 33.7. The van der Waals surface area contributed by atoms with Gasteiger partial charge in [-0.1, -0.05) is 32.5 Å². The lowest BCUT2D eigenvalue weighted by Crippen LogP contribution is -2.36. The SMILES string of the molecule is CCCSc1nc2c(c(=O)[nH]1)C(c1ccc(C)o1)C1=C(CC(C)(C)CC1=O)N2. The van der Waals surface area contributed by atoms with Gasteiger partial charge in [-0.05, 0) is 37.3 Å². The molecule has 2 aromatic rings. The largest absolute Gasteiger partial charge is 0.465 e. The molecule has 4 rings (SSSR count). The van der Waals surface area contributed by atoms with Crippen LogP contribution >= 0.6 is 11.8 Å². The molecule has 6 nitrogen and oxygen atoms in total. The quantitative estimate of drug-likeness (QED) is 0.586. The summed E-state index contributed by atoms with van der Waals surface area (Å²) in [5.41, 5.74) is 1.60. The molecule has 2 N–H and O–H groups in total. The van der Waals surface area contributed by atoms with Crippen LogP contribution < -0.4 is 10.9 Å². The van der Waals surface area contributed by atoms with Crippen molar-refractivity contribution in [2.24, 2.45) is 5.41 Å². The van der Waals surface area contributed by atoms with Gasteiger partial charge in [0.25, 0.3) is 5.56 Å². The number of nitrogens with zero attached hydrogens (tertiary/aromatic N) is 1. The summed E-state index contributed by atoms with van der Waals surface area (Å²) < 4.78 is 5.88. The molecule has 7 heteroatoms. The van der Waals surface area contributed by atoms with E-state index >= 15 is 0 Å². The number of fused-ring (bicyclic) bond motifs is 1. The zero-order valence-corrected chi connectivity index (χ0v) is 17.5. The van der Waals surface area contributed by atoms with Gasteiger partial charge in [0, 0.05) is 23.4 Å². The Morgan fingerprint density at radius 2 is 2.07 bits per heavy atom. The van der Waals surface area contributed by atoms with E-state index < -0.39 is 5.92 Å². The molecule has 0 aromatic carbocycles. The molecule has 0 fully saturated rings. The fourth-order valence-electron chi connectivity index (χ4n) is 4.05. The average Bonchev–Trinajstić information content (AvgIpc) is 3.03. The lowest BCUT2D eigenvalue weighted by atomic mass is 9.70. The van der Waals surface area contributed by atoms with Crippen LogP contribution in [-0.2, 0) is 4.79 Å². The highest BCUT2D eigenvalue weighted by atomic mass is 32.2. The fraction of sp³-hybridized carbons (Fsp3) is 0.476. The Labute approximate surface area is 168 Å². The second-order valence-electron chi connectivity index (χ2n) is 8.32. The van der Waals surface area contributed by atoms with Crippen molar-refractivity contribution in [1.29, 1.82) is 0 Å². The van der Waals surface area contributed by atoms with Gasteiger partial charge in [0.1, 0.15) is 17.3 Å². The standard InChI is InChI=1S/C21H25N3O3S/c1-5-8-28-20-23-18-17(19(26)24-20)16(14-7-6-11(2)27-14)15-12(22-18)9-21(3,4)10-13(15)25/h6-7,16H,5,8-10H2,1-4H3,(H2,22,23,24,26). The van der Waals surface area contributed by atoms with Crippen molar-refractivity contribution in [2.75, 3.05) is 11.1 Å². The van der Waals surface area contributed by atoms with Crippen LogP contribution in [0.25, 0.3) is 0 Å². The van der Waals surface area contributed by atoms with E-state index in [1.807, 2.05) is 19.1 Å². The van der Waals surface area contributed by atoms with Crippen molar-refractivity contribution in [2.45, 2.75) is 58.0 Å². The molecule has 2 aromatic heterocycles. The van der Waals surface area contributed by atoms with E-state index in [-0.39, 0.29) is 16.8 Å². The van der Waals surface area contributed by atoms with E-state index in [0.717, 1.165) is 30.1 Å². The van der Waals surface area contributed by atoms with E-state index in [1.165, 1.54) is 11.8 Å². The van der Waals surface area contributed by atoms with Gasteiger partial charge in [-0.2, -0.15) is 0 Å². The molecular formula is C21H25N3O3S. The number of carbonyl (C=O) groups excluding carboxylic acids is 1. The molecule has 2 aliphatic rings. The highest BCUT2D eigenvalue weighted by molar-refractivity contribution is 7.99. The third-order valence-corrected chi connectivity index (χ3v) is 6.27. The number of aromatic nitrogens is 2. The Kier molecular flexibility index (Phi) is 4.73. The predicted octanol–water partition coefficient (Wildman–Crippen LogP) is 4.37. The maximum absolute atomic E-state index is 13.1. The number of H-pyrrole nitrogens is 1. The first kappa shape index (κ1) is 19.1. The maximum atomic E-state index is 13.1. The number of hydrogen-bond donors (Lipinski definition) is 2. The molecule has 0 amide bonds. The van der Waals surface area contributed by atoms with Crippen LogP contribution in [0.3, 0.4) is 0 Å². The molecule has 3 heterocycles. The van der Waals surface area contributed by atoms with Gasteiger partial charge in [-0.3, -0.25) is 9.59 Å². The Bertz CT molecular complexity index is 1030. The molecule has 1 unspecified atom stereocenters. The summed E-state index contributed by atoms with van der Waals surface area (Å²) in [5, 5.41) is 3.92. The van der Waals surface area contributed by atoms with Gasteiger partial charge < -0.3 is 14.7 Å². The van der Waals surface area contributed by atoms with E-state index in [2.05, 4.69) is 36.1 Å². The number of anilines is 1. The van der Waals surface area contributed by atoms with E-state index in [1.54, 1.807) is 0 Å². The van der Waals surface area contributed by atoms with Crippen LogP contribution in [0.1, 0.15) is 63.0 Å². The van der Waals surface area contributed by atoms with Crippen molar-refractivity contribution in [3.8, 4) is 0 Å². The van der Waals surface area contributed by atoms with E-state index in [0.29, 0.717) is 34.3 Å². The topological polar surface area (TPSA) is 88.0 Å². The number of furan rings is 1. The average molecular weight is 400 g/mol. The molecular weight excluding hydrogens is 374 g/mol. The Hall–Kier alpha value is -2.28. The minimum absolute atomic E-state index is 0.0623. The molecule has 0 bridgehead atoms. The Morgan fingerprint density at radius 3 is 2.75 bits per heavy atom. The first-order chi connectivity index (χ1) is 13.3.